The van der Waals surface area contributed by atoms with E-state index in [4.69, 9.17) is 11.6 Å². The second-order valence-electron chi connectivity index (χ2n) is 5.75. The summed E-state index contributed by atoms with van der Waals surface area (Å²) in [5.74, 6) is -1.78. The largest absolute Gasteiger partial charge is 0.478 e. The molecule has 1 N–H and O–H groups in total. The number of carboxylic acids is 1. The molecule has 2 aromatic carbocycles. The summed E-state index contributed by atoms with van der Waals surface area (Å²) in [6.07, 6.45) is 0.675. The number of carbonyl (C=O) groups is 2. The second-order valence-corrected chi connectivity index (χ2v) is 6.16. The quantitative estimate of drug-likeness (QED) is 0.918. The number of nitrogens with zero attached hydrogens (tertiary/aromatic N) is 1. The van der Waals surface area contributed by atoms with Crippen molar-refractivity contribution in [2.45, 2.75) is 12.3 Å². The molecule has 0 bridgehead atoms. The van der Waals surface area contributed by atoms with Gasteiger partial charge in [-0.3, -0.25) is 4.79 Å². The van der Waals surface area contributed by atoms with E-state index in [9.17, 15) is 19.1 Å². The zero-order valence-corrected chi connectivity index (χ0v) is 13.5. The van der Waals surface area contributed by atoms with Gasteiger partial charge in [-0.25, -0.2) is 9.18 Å². The fraction of sp³-hybridized carbons (Fsp3) is 0.222. The van der Waals surface area contributed by atoms with Gasteiger partial charge < -0.3 is 10.0 Å². The van der Waals surface area contributed by atoms with Crippen molar-refractivity contribution >= 4 is 23.5 Å². The summed E-state index contributed by atoms with van der Waals surface area (Å²) >= 11 is 5.96. The van der Waals surface area contributed by atoms with Crippen molar-refractivity contribution in [3.8, 4) is 0 Å². The molecule has 124 valence electrons. The number of carbonyl (C=O) groups excluding carboxylic acids is 1. The molecule has 0 radical (unpaired) electrons. The maximum atomic E-state index is 13.1. The van der Waals surface area contributed by atoms with Gasteiger partial charge in [0.15, 0.2) is 0 Å². The number of aromatic carboxylic acids is 1. The molecule has 0 aliphatic carbocycles. The molecule has 4 nitrogen and oxygen atoms in total. The van der Waals surface area contributed by atoms with Gasteiger partial charge >= 0.3 is 5.97 Å². The Bertz CT molecular complexity index is 809. The molecule has 1 amide bonds. The van der Waals surface area contributed by atoms with Gasteiger partial charge in [0.25, 0.3) is 5.91 Å². The van der Waals surface area contributed by atoms with Crippen molar-refractivity contribution in [2.75, 3.05) is 13.1 Å². The number of halogens is 2. The van der Waals surface area contributed by atoms with Crippen molar-refractivity contribution in [2.24, 2.45) is 0 Å². The summed E-state index contributed by atoms with van der Waals surface area (Å²) in [7, 11) is 0. The molecule has 1 aliphatic heterocycles. The molecule has 2 aromatic rings. The number of amides is 1. The maximum Gasteiger partial charge on any atom is 0.335 e. The van der Waals surface area contributed by atoms with Crippen molar-refractivity contribution in [1.29, 1.82) is 0 Å². The fourth-order valence-corrected chi connectivity index (χ4v) is 3.33. The topological polar surface area (TPSA) is 57.6 Å². The highest BCUT2D eigenvalue weighted by molar-refractivity contribution is 6.33. The highest BCUT2D eigenvalue weighted by atomic mass is 35.5. The first-order valence-corrected chi connectivity index (χ1v) is 7.91. The van der Waals surface area contributed by atoms with Crippen molar-refractivity contribution in [1.82, 2.24) is 4.90 Å². The standard InChI is InChI=1S/C18H15ClFNO3/c19-16-9-12(20)5-6-15(16)17(22)21-8-7-11(10-21)13-3-1-2-4-14(13)18(23)24/h1-6,9,11H,7-8,10H2,(H,23,24). The zero-order chi connectivity index (χ0) is 17.3. The van der Waals surface area contributed by atoms with Gasteiger partial charge in [0.05, 0.1) is 16.1 Å². The predicted octanol–water partition coefficient (Wildman–Crippen LogP) is 3.81. The molecule has 0 spiro atoms. The summed E-state index contributed by atoms with van der Waals surface area (Å²) in [4.78, 5) is 25.6. The molecular weight excluding hydrogens is 333 g/mol. The van der Waals surface area contributed by atoms with E-state index < -0.39 is 11.8 Å². The molecule has 0 aromatic heterocycles. The van der Waals surface area contributed by atoms with Crippen LogP contribution in [0.2, 0.25) is 5.02 Å². The van der Waals surface area contributed by atoms with Crippen LogP contribution in [-0.2, 0) is 0 Å². The monoisotopic (exact) mass is 347 g/mol. The predicted molar refractivity (Wildman–Crippen MR) is 88.1 cm³/mol. The Morgan fingerprint density at radius 1 is 1.17 bits per heavy atom. The summed E-state index contributed by atoms with van der Waals surface area (Å²) < 4.78 is 13.1. The van der Waals surface area contributed by atoms with Crippen molar-refractivity contribution < 1.29 is 19.1 Å². The highest BCUT2D eigenvalue weighted by Crippen LogP contribution is 2.31. The Morgan fingerprint density at radius 3 is 2.62 bits per heavy atom. The third kappa shape index (κ3) is 3.12. The van der Waals surface area contributed by atoms with Crippen LogP contribution in [0.25, 0.3) is 0 Å². The van der Waals surface area contributed by atoms with Gasteiger partial charge in [-0.1, -0.05) is 29.8 Å². The maximum absolute atomic E-state index is 13.1. The molecule has 1 fully saturated rings. The minimum Gasteiger partial charge on any atom is -0.478 e. The van der Waals surface area contributed by atoms with Crippen LogP contribution in [0, 0.1) is 5.82 Å². The first-order valence-electron chi connectivity index (χ1n) is 7.54. The van der Waals surface area contributed by atoms with Crippen LogP contribution in [0.15, 0.2) is 42.5 Å². The van der Waals surface area contributed by atoms with Crippen LogP contribution in [0.3, 0.4) is 0 Å². The summed E-state index contributed by atoms with van der Waals surface area (Å²) in [6, 6.07) is 10.5. The van der Waals surface area contributed by atoms with E-state index in [2.05, 4.69) is 0 Å². The summed E-state index contributed by atoms with van der Waals surface area (Å²) in [6.45, 7) is 0.919. The van der Waals surface area contributed by atoms with Gasteiger partial charge in [-0.05, 0) is 36.2 Å². The van der Waals surface area contributed by atoms with E-state index >= 15 is 0 Å². The zero-order valence-electron chi connectivity index (χ0n) is 12.7. The van der Waals surface area contributed by atoms with Crippen LogP contribution < -0.4 is 0 Å². The van der Waals surface area contributed by atoms with Crippen LogP contribution >= 0.6 is 11.6 Å². The van der Waals surface area contributed by atoms with Crippen LogP contribution in [0.4, 0.5) is 4.39 Å². The van der Waals surface area contributed by atoms with Crippen molar-refractivity contribution in [3.05, 3.63) is 70.0 Å². The van der Waals surface area contributed by atoms with Gasteiger partial charge in [-0.2, -0.15) is 0 Å². The molecule has 6 heteroatoms. The van der Waals surface area contributed by atoms with Crippen LogP contribution in [-0.4, -0.2) is 35.0 Å². The van der Waals surface area contributed by atoms with Crippen molar-refractivity contribution in [3.63, 3.8) is 0 Å². The number of rotatable bonds is 3. The second kappa shape index (κ2) is 6.61. The Hall–Kier alpha value is -2.40. The Morgan fingerprint density at radius 2 is 1.92 bits per heavy atom. The Labute approximate surface area is 143 Å². The normalized spacial score (nSPS) is 17.1. The van der Waals surface area contributed by atoms with E-state index in [1.807, 2.05) is 0 Å². The van der Waals surface area contributed by atoms with E-state index in [1.54, 1.807) is 29.2 Å². The molecule has 1 heterocycles. The lowest BCUT2D eigenvalue weighted by Gasteiger charge is -2.18. The van der Waals surface area contributed by atoms with E-state index in [-0.39, 0.29) is 28.0 Å². The summed E-state index contributed by atoms with van der Waals surface area (Å²) in [5.41, 5.74) is 1.24. The first kappa shape index (κ1) is 16.5. The molecule has 1 unspecified atom stereocenters. The third-order valence-electron chi connectivity index (χ3n) is 4.27. The Balaban J connectivity index is 1.81. The number of hydrogen-bond donors (Lipinski definition) is 1. The number of hydrogen-bond acceptors (Lipinski definition) is 2. The summed E-state index contributed by atoms with van der Waals surface area (Å²) in [5, 5.41) is 9.39. The van der Waals surface area contributed by atoms with E-state index in [0.717, 1.165) is 11.6 Å². The van der Waals surface area contributed by atoms with E-state index in [0.29, 0.717) is 19.5 Å². The van der Waals surface area contributed by atoms with Gasteiger partial charge in [0.2, 0.25) is 0 Å². The number of likely N-dealkylation sites (tertiary alicyclic amines) is 1. The fourth-order valence-electron chi connectivity index (χ4n) is 3.08. The van der Waals surface area contributed by atoms with Crippen LogP contribution in [0.1, 0.15) is 38.6 Å². The van der Waals surface area contributed by atoms with Crippen LogP contribution in [0.5, 0.6) is 0 Å². The number of carboxylic acid groups (broad SMARTS) is 1. The molecule has 1 saturated heterocycles. The lowest BCUT2D eigenvalue weighted by Crippen LogP contribution is -2.28. The third-order valence-corrected chi connectivity index (χ3v) is 4.58. The van der Waals surface area contributed by atoms with Gasteiger partial charge in [0.1, 0.15) is 5.82 Å². The smallest absolute Gasteiger partial charge is 0.335 e. The molecule has 0 saturated carbocycles. The lowest BCUT2D eigenvalue weighted by atomic mass is 9.93. The number of benzene rings is 2. The lowest BCUT2D eigenvalue weighted by molar-refractivity contribution is 0.0695. The van der Waals surface area contributed by atoms with Gasteiger partial charge in [0, 0.05) is 19.0 Å². The molecule has 3 rings (SSSR count). The molecule has 1 atom stereocenters. The average Bonchev–Trinajstić information content (AvgIpc) is 3.04. The minimum atomic E-state index is -0.975. The SMILES string of the molecule is O=C(O)c1ccccc1C1CCN(C(=O)c2ccc(F)cc2Cl)C1. The van der Waals surface area contributed by atoms with E-state index in [1.165, 1.54) is 12.1 Å². The molecule has 24 heavy (non-hydrogen) atoms. The Kier molecular flexibility index (Phi) is 4.53. The molecular formula is C18H15ClFNO3. The first-order chi connectivity index (χ1) is 11.5. The highest BCUT2D eigenvalue weighted by Gasteiger charge is 2.30. The minimum absolute atomic E-state index is 0.0412. The molecule has 1 aliphatic rings. The van der Waals surface area contributed by atoms with Gasteiger partial charge in [-0.15, -0.1) is 0 Å². The average molecular weight is 348 g/mol.